The lowest BCUT2D eigenvalue weighted by Crippen LogP contribution is -2.45. The number of benzene rings is 1. The van der Waals surface area contributed by atoms with Crippen molar-refractivity contribution in [2.75, 3.05) is 26.5 Å². The lowest BCUT2D eigenvalue weighted by Gasteiger charge is -2.27. The van der Waals surface area contributed by atoms with Crippen LogP contribution >= 0.6 is 0 Å². The molecule has 0 heterocycles. The fraction of sp³-hybridized carbons (Fsp3) is 0.571. The van der Waals surface area contributed by atoms with Crippen molar-refractivity contribution in [2.24, 2.45) is 0 Å². The fourth-order valence-electron chi connectivity index (χ4n) is 1.84. The van der Waals surface area contributed by atoms with Crippen molar-refractivity contribution < 1.29 is 18.3 Å². The first-order chi connectivity index (χ1) is 9.15. The van der Waals surface area contributed by atoms with Gasteiger partial charge in [-0.2, -0.15) is 0 Å². The van der Waals surface area contributed by atoms with E-state index in [0.717, 1.165) is 6.26 Å². The van der Waals surface area contributed by atoms with Crippen LogP contribution in [0.5, 0.6) is 0 Å². The van der Waals surface area contributed by atoms with E-state index >= 15 is 0 Å². The zero-order valence-electron chi connectivity index (χ0n) is 12.4. The first kappa shape index (κ1) is 17.1. The fourth-order valence-corrected chi connectivity index (χ4v) is 2.47. The minimum Gasteiger partial charge on any atom is -0.387 e. The van der Waals surface area contributed by atoms with Gasteiger partial charge in [-0.05, 0) is 31.5 Å². The molecule has 0 aliphatic rings. The second-order valence-electron chi connectivity index (χ2n) is 5.55. The summed E-state index contributed by atoms with van der Waals surface area (Å²) in [6, 6.07) is 6.28. The Balaban J connectivity index is 2.67. The summed E-state index contributed by atoms with van der Waals surface area (Å²) in [6.45, 7) is 4.87. The number of rotatable bonds is 7. The summed E-state index contributed by atoms with van der Waals surface area (Å²) >= 11 is 0. The normalized spacial score (nSPS) is 14.2. The zero-order chi connectivity index (χ0) is 15.4. The topological polar surface area (TPSA) is 75.6 Å². The van der Waals surface area contributed by atoms with E-state index < -0.39 is 15.9 Å². The van der Waals surface area contributed by atoms with Gasteiger partial charge in [-0.1, -0.05) is 12.1 Å². The molecule has 0 saturated carbocycles. The Kier molecular flexibility index (Phi) is 5.70. The molecule has 20 heavy (non-hydrogen) atoms. The summed E-state index contributed by atoms with van der Waals surface area (Å²) in [5.41, 5.74) is 0.445. The number of hydrogen-bond donors (Lipinski definition) is 2. The van der Waals surface area contributed by atoms with Crippen LogP contribution in [0.25, 0.3) is 0 Å². The van der Waals surface area contributed by atoms with Crippen molar-refractivity contribution in [1.82, 2.24) is 5.32 Å². The molecule has 0 aromatic heterocycles. The predicted molar refractivity (Wildman–Crippen MR) is 78.5 cm³/mol. The van der Waals surface area contributed by atoms with Crippen molar-refractivity contribution in [3.05, 3.63) is 29.8 Å². The van der Waals surface area contributed by atoms with Gasteiger partial charge in [-0.15, -0.1) is 0 Å². The number of aliphatic hydroxyl groups excluding tert-OH is 1. The highest BCUT2D eigenvalue weighted by molar-refractivity contribution is 7.90. The molecule has 1 aromatic rings. The molecule has 6 heteroatoms. The van der Waals surface area contributed by atoms with Crippen molar-refractivity contribution in [3.63, 3.8) is 0 Å². The maximum atomic E-state index is 11.4. The van der Waals surface area contributed by atoms with Gasteiger partial charge >= 0.3 is 0 Å². The van der Waals surface area contributed by atoms with Gasteiger partial charge in [0.25, 0.3) is 0 Å². The van der Waals surface area contributed by atoms with Crippen LogP contribution < -0.4 is 5.32 Å². The number of methoxy groups -OCH3 is 1. The third-order valence-corrected chi connectivity index (χ3v) is 4.10. The molecule has 0 radical (unpaired) electrons. The Bertz CT molecular complexity index is 523. The molecule has 0 bridgehead atoms. The Morgan fingerprint density at radius 2 is 1.85 bits per heavy atom. The van der Waals surface area contributed by atoms with E-state index in [-0.39, 0.29) is 10.4 Å². The zero-order valence-corrected chi connectivity index (χ0v) is 13.2. The van der Waals surface area contributed by atoms with Crippen LogP contribution in [-0.4, -0.2) is 45.6 Å². The van der Waals surface area contributed by atoms with Gasteiger partial charge in [-0.25, -0.2) is 8.42 Å². The highest BCUT2D eigenvalue weighted by Crippen LogP contribution is 2.17. The molecule has 2 N–H and O–H groups in total. The van der Waals surface area contributed by atoms with Crippen molar-refractivity contribution in [2.45, 2.75) is 30.4 Å². The predicted octanol–water partition coefficient (Wildman–Crippen LogP) is 1.14. The van der Waals surface area contributed by atoms with E-state index in [2.05, 4.69) is 5.32 Å². The van der Waals surface area contributed by atoms with Gasteiger partial charge < -0.3 is 15.2 Å². The quantitative estimate of drug-likeness (QED) is 0.790. The molecular weight excluding hydrogens is 278 g/mol. The molecule has 0 aliphatic heterocycles. The highest BCUT2D eigenvalue weighted by Gasteiger charge is 2.19. The highest BCUT2D eigenvalue weighted by atomic mass is 32.2. The number of hydrogen-bond acceptors (Lipinski definition) is 5. The number of sulfone groups is 1. The molecule has 0 fully saturated rings. The summed E-state index contributed by atoms with van der Waals surface area (Å²) in [5, 5.41) is 13.3. The Labute approximate surface area is 120 Å². The van der Waals surface area contributed by atoms with E-state index in [1.54, 1.807) is 19.2 Å². The molecule has 1 unspecified atom stereocenters. The molecule has 5 nitrogen and oxygen atoms in total. The summed E-state index contributed by atoms with van der Waals surface area (Å²) < 4.78 is 27.8. The molecule has 0 spiro atoms. The van der Waals surface area contributed by atoms with Gasteiger partial charge in [0.05, 0.1) is 17.6 Å². The van der Waals surface area contributed by atoms with Crippen LogP contribution in [0.1, 0.15) is 25.5 Å². The molecule has 0 amide bonds. The summed E-state index contributed by atoms with van der Waals surface area (Å²) in [4.78, 5) is 0.251. The Morgan fingerprint density at radius 3 is 2.30 bits per heavy atom. The SMILES string of the molecule is COCC(C)(C)NCC(O)c1ccc(S(C)(=O)=O)cc1. The minimum atomic E-state index is -3.20. The third kappa shape index (κ3) is 5.20. The maximum Gasteiger partial charge on any atom is 0.175 e. The molecule has 114 valence electrons. The largest absolute Gasteiger partial charge is 0.387 e. The standard InChI is InChI=1S/C14H23NO4S/c1-14(2,10-19-3)15-9-13(16)11-5-7-12(8-6-11)20(4,17)18/h5-8,13,15-16H,9-10H2,1-4H3. The monoisotopic (exact) mass is 301 g/mol. The summed E-state index contributed by atoms with van der Waals surface area (Å²) in [6.07, 6.45) is 0.465. The lowest BCUT2D eigenvalue weighted by molar-refractivity contribution is 0.107. The Morgan fingerprint density at radius 1 is 1.30 bits per heavy atom. The van der Waals surface area contributed by atoms with E-state index in [9.17, 15) is 13.5 Å². The number of ether oxygens (including phenoxy) is 1. The second-order valence-corrected chi connectivity index (χ2v) is 7.57. The van der Waals surface area contributed by atoms with Crippen LogP contribution in [0.3, 0.4) is 0 Å². The van der Waals surface area contributed by atoms with Crippen LogP contribution in [-0.2, 0) is 14.6 Å². The molecule has 1 rings (SSSR count). The smallest absolute Gasteiger partial charge is 0.175 e. The van der Waals surface area contributed by atoms with Crippen LogP contribution in [0, 0.1) is 0 Å². The van der Waals surface area contributed by atoms with E-state index in [4.69, 9.17) is 4.74 Å². The number of aliphatic hydroxyl groups is 1. The second kappa shape index (κ2) is 6.67. The van der Waals surface area contributed by atoms with Crippen molar-refractivity contribution in [3.8, 4) is 0 Å². The number of nitrogens with one attached hydrogen (secondary N) is 1. The molecule has 1 atom stereocenters. The van der Waals surface area contributed by atoms with Gasteiger partial charge in [0.1, 0.15) is 0 Å². The average molecular weight is 301 g/mol. The first-order valence-corrected chi connectivity index (χ1v) is 8.27. The molecular formula is C14H23NO4S. The van der Waals surface area contributed by atoms with Gasteiger partial charge in [0.15, 0.2) is 9.84 Å². The van der Waals surface area contributed by atoms with Gasteiger partial charge in [-0.3, -0.25) is 0 Å². The molecule has 0 aliphatic carbocycles. The maximum absolute atomic E-state index is 11.4. The van der Waals surface area contributed by atoms with Crippen LogP contribution in [0.15, 0.2) is 29.2 Å². The molecule has 0 saturated heterocycles. The molecule has 1 aromatic carbocycles. The summed E-state index contributed by atoms with van der Waals surface area (Å²) in [7, 11) is -1.57. The summed E-state index contributed by atoms with van der Waals surface area (Å²) in [5.74, 6) is 0. The van der Waals surface area contributed by atoms with Crippen molar-refractivity contribution >= 4 is 9.84 Å². The van der Waals surface area contributed by atoms with E-state index in [1.165, 1.54) is 12.1 Å². The first-order valence-electron chi connectivity index (χ1n) is 6.38. The number of β-amino-alcohol motifs (C(OH)–C–C–N with tert-alkyl or cyclic N) is 1. The van der Waals surface area contributed by atoms with Crippen molar-refractivity contribution in [1.29, 1.82) is 0 Å². The van der Waals surface area contributed by atoms with Crippen LogP contribution in [0.4, 0.5) is 0 Å². The van der Waals surface area contributed by atoms with E-state index in [1.807, 2.05) is 13.8 Å². The van der Waals surface area contributed by atoms with Gasteiger partial charge in [0.2, 0.25) is 0 Å². The lowest BCUT2D eigenvalue weighted by atomic mass is 10.1. The van der Waals surface area contributed by atoms with Crippen LogP contribution in [0.2, 0.25) is 0 Å². The van der Waals surface area contributed by atoms with Gasteiger partial charge in [0, 0.05) is 25.4 Å². The van der Waals surface area contributed by atoms with E-state index in [0.29, 0.717) is 18.7 Å². The minimum absolute atomic E-state index is 0.234. The Hall–Kier alpha value is -0.950. The third-order valence-electron chi connectivity index (χ3n) is 2.97. The average Bonchev–Trinajstić information content (AvgIpc) is 2.35.